The summed E-state index contributed by atoms with van der Waals surface area (Å²) in [6.45, 7) is -0.0361. The number of carbonyl (C=O) groups excluding carboxylic acids is 1. The molecule has 25 heavy (non-hydrogen) atoms. The van der Waals surface area contributed by atoms with E-state index in [2.05, 4.69) is 21.4 Å². The van der Waals surface area contributed by atoms with Gasteiger partial charge in [0.15, 0.2) is 0 Å². The van der Waals surface area contributed by atoms with Gasteiger partial charge in [-0.2, -0.15) is 0 Å². The Bertz CT molecular complexity index is 783. The summed E-state index contributed by atoms with van der Waals surface area (Å²) < 4.78 is 5.17. The number of aromatic nitrogens is 1. The molecule has 1 aromatic heterocycles. The molecule has 2 heterocycles. The first-order chi connectivity index (χ1) is 12.2. The average molecular weight is 341 g/mol. The van der Waals surface area contributed by atoms with Crippen LogP contribution in [0.4, 0.5) is 0 Å². The van der Waals surface area contributed by atoms with Crippen LogP contribution in [0.1, 0.15) is 23.4 Å². The molecule has 8 heteroatoms. The Hall–Kier alpha value is -2.84. The number of benzene rings is 1. The van der Waals surface area contributed by atoms with E-state index in [1.165, 1.54) is 0 Å². The first kappa shape index (κ1) is 15.7. The topological polar surface area (TPSA) is 103 Å². The molecule has 1 fully saturated rings. The smallest absolute Gasteiger partial charge is 0.290 e. The van der Waals surface area contributed by atoms with Crippen LogP contribution in [0.2, 0.25) is 0 Å². The molecule has 0 radical (unpaired) electrons. The highest BCUT2D eigenvalue weighted by Gasteiger charge is 2.35. The van der Waals surface area contributed by atoms with Crippen molar-refractivity contribution in [2.45, 2.75) is 24.9 Å². The molecule has 4 N–H and O–H groups in total. The van der Waals surface area contributed by atoms with Gasteiger partial charge in [-0.3, -0.25) is 9.80 Å². The number of nitrogens with zero attached hydrogens (tertiary/aromatic N) is 2. The van der Waals surface area contributed by atoms with Crippen molar-refractivity contribution in [1.29, 1.82) is 0 Å². The zero-order valence-corrected chi connectivity index (χ0v) is 13.5. The molecule has 8 nitrogen and oxygen atoms in total. The molecule has 1 amide bonds. The molecule has 1 aliphatic carbocycles. The third kappa shape index (κ3) is 3.21. The number of rotatable bonds is 5. The number of hydrogen-bond acceptors (Lipinski definition) is 7. The molecule has 130 valence electrons. The van der Waals surface area contributed by atoms with Crippen molar-refractivity contribution in [3.05, 3.63) is 54.1 Å². The van der Waals surface area contributed by atoms with Gasteiger partial charge in [0.1, 0.15) is 5.69 Å². The van der Waals surface area contributed by atoms with Crippen LogP contribution in [0.5, 0.6) is 0 Å². The zero-order valence-electron chi connectivity index (χ0n) is 13.5. The summed E-state index contributed by atoms with van der Waals surface area (Å²) in [5.41, 5.74) is 8.14. The molecule has 1 saturated carbocycles. The number of amides is 1. The standard InChI is InChI=1S/C17H19N5O3/c23-10-13-9-22(21-19-13)14-6-12(7-14)18-17(24)16-8-15(20-25-16)11-4-2-1-3-5-11/h1-5,8-9,12,14,19,21,23H,6-7,10H2,(H,18,24). The Morgan fingerprint density at radius 1 is 1.36 bits per heavy atom. The zero-order chi connectivity index (χ0) is 17.2. The second kappa shape index (κ2) is 6.58. The van der Waals surface area contributed by atoms with Crippen LogP contribution in [-0.2, 0) is 0 Å². The number of aliphatic hydroxyl groups excluding tert-OH is 1. The number of nitrogens with one attached hydrogen (secondary N) is 3. The molecule has 2 aliphatic rings. The molecular formula is C17H19N5O3. The Morgan fingerprint density at radius 2 is 2.16 bits per heavy atom. The van der Waals surface area contributed by atoms with Crippen LogP contribution >= 0.6 is 0 Å². The highest BCUT2D eigenvalue weighted by atomic mass is 16.5. The highest BCUT2D eigenvalue weighted by Crippen LogP contribution is 2.27. The highest BCUT2D eigenvalue weighted by molar-refractivity contribution is 5.92. The van der Waals surface area contributed by atoms with Crippen molar-refractivity contribution < 1.29 is 14.4 Å². The van der Waals surface area contributed by atoms with E-state index in [4.69, 9.17) is 9.63 Å². The number of carbonyl (C=O) groups is 1. The van der Waals surface area contributed by atoms with Crippen LogP contribution in [0.15, 0.2) is 52.8 Å². The van der Waals surface area contributed by atoms with Crippen LogP contribution < -0.4 is 16.3 Å². The largest absolute Gasteiger partial charge is 0.390 e. The second-order valence-corrected chi connectivity index (χ2v) is 6.19. The van der Waals surface area contributed by atoms with E-state index in [-0.39, 0.29) is 30.4 Å². The summed E-state index contributed by atoms with van der Waals surface area (Å²) in [5, 5.41) is 17.9. The van der Waals surface area contributed by atoms with E-state index >= 15 is 0 Å². The molecule has 0 spiro atoms. The maximum atomic E-state index is 12.3. The maximum Gasteiger partial charge on any atom is 0.290 e. The van der Waals surface area contributed by atoms with E-state index < -0.39 is 0 Å². The van der Waals surface area contributed by atoms with Crippen LogP contribution in [0, 0.1) is 0 Å². The van der Waals surface area contributed by atoms with E-state index in [1.54, 1.807) is 6.07 Å². The van der Waals surface area contributed by atoms with Gasteiger partial charge >= 0.3 is 0 Å². The Labute approximate surface area is 144 Å². The fourth-order valence-electron chi connectivity index (χ4n) is 2.96. The van der Waals surface area contributed by atoms with Gasteiger partial charge in [0.25, 0.3) is 5.91 Å². The summed E-state index contributed by atoms with van der Waals surface area (Å²) >= 11 is 0. The minimum absolute atomic E-state index is 0.0361. The molecule has 0 saturated heterocycles. The minimum Gasteiger partial charge on any atom is -0.390 e. The van der Waals surface area contributed by atoms with E-state index in [0.29, 0.717) is 5.69 Å². The summed E-state index contributed by atoms with van der Waals surface area (Å²) in [6.07, 6.45) is 3.47. The summed E-state index contributed by atoms with van der Waals surface area (Å²) in [4.78, 5) is 12.3. The Kier molecular flexibility index (Phi) is 4.12. The van der Waals surface area contributed by atoms with Gasteiger partial charge in [-0.15, -0.1) is 5.53 Å². The number of hydrazine groups is 2. The van der Waals surface area contributed by atoms with Gasteiger partial charge in [0.2, 0.25) is 5.76 Å². The molecule has 0 unspecified atom stereocenters. The summed E-state index contributed by atoms with van der Waals surface area (Å²) in [5.74, 6) is -0.0389. The SMILES string of the molecule is O=C(NC1CC(N2C=C(CO)NN2)C1)c1cc(-c2ccccc2)no1. The third-order valence-corrected chi connectivity index (χ3v) is 4.46. The van der Waals surface area contributed by atoms with Crippen molar-refractivity contribution in [3.8, 4) is 11.3 Å². The molecular weight excluding hydrogens is 322 g/mol. The van der Waals surface area contributed by atoms with Crippen LogP contribution in [0.3, 0.4) is 0 Å². The third-order valence-electron chi connectivity index (χ3n) is 4.46. The van der Waals surface area contributed by atoms with Crippen molar-refractivity contribution in [2.75, 3.05) is 6.61 Å². The molecule has 1 aliphatic heterocycles. The van der Waals surface area contributed by atoms with Gasteiger partial charge < -0.3 is 20.4 Å². The lowest BCUT2D eigenvalue weighted by Gasteiger charge is -2.40. The summed E-state index contributed by atoms with van der Waals surface area (Å²) in [6, 6.07) is 11.6. The molecule has 0 bridgehead atoms. The molecule has 0 atom stereocenters. The lowest BCUT2D eigenvalue weighted by molar-refractivity contribution is 0.0735. The average Bonchev–Trinajstić information content (AvgIpc) is 3.27. The van der Waals surface area contributed by atoms with Crippen molar-refractivity contribution >= 4 is 5.91 Å². The Balaban J connectivity index is 1.31. The number of hydrogen-bond donors (Lipinski definition) is 4. The van der Waals surface area contributed by atoms with Crippen LogP contribution in [-0.4, -0.2) is 39.9 Å². The Morgan fingerprint density at radius 3 is 2.88 bits per heavy atom. The van der Waals surface area contributed by atoms with Gasteiger partial charge in [0, 0.05) is 23.9 Å². The normalized spacial score (nSPS) is 22.1. The van der Waals surface area contributed by atoms with Gasteiger partial charge in [-0.05, 0) is 12.8 Å². The molecule has 2 aromatic rings. The van der Waals surface area contributed by atoms with Crippen molar-refractivity contribution in [3.63, 3.8) is 0 Å². The number of aliphatic hydroxyl groups is 1. The van der Waals surface area contributed by atoms with Crippen molar-refractivity contribution in [2.24, 2.45) is 0 Å². The molecule has 1 aromatic carbocycles. The molecule has 4 rings (SSSR count). The van der Waals surface area contributed by atoms with E-state index in [9.17, 15) is 4.79 Å². The summed E-state index contributed by atoms with van der Waals surface area (Å²) in [7, 11) is 0. The predicted molar refractivity (Wildman–Crippen MR) is 89.5 cm³/mol. The van der Waals surface area contributed by atoms with Crippen LogP contribution in [0.25, 0.3) is 11.3 Å². The van der Waals surface area contributed by atoms with E-state index in [1.807, 2.05) is 41.5 Å². The van der Waals surface area contributed by atoms with E-state index in [0.717, 1.165) is 24.1 Å². The maximum absolute atomic E-state index is 12.3. The van der Waals surface area contributed by atoms with Gasteiger partial charge in [-0.25, -0.2) is 0 Å². The first-order valence-corrected chi connectivity index (χ1v) is 8.17. The fourth-order valence-corrected chi connectivity index (χ4v) is 2.96. The lowest BCUT2D eigenvalue weighted by atomic mass is 9.86. The van der Waals surface area contributed by atoms with Gasteiger partial charge in [0.05, 0.1) is 18.3 Å². The van der Waals surface area contributed by atoms with Crippen molar-refractivity contribution in [1.82, 2.24) is 26.4 Å². The first-order valence-electron chi connectivity index (χ1n) is 8.17. The fraction of sp³-hybridized carbons (Fsp3) is 0.294. The lowest BCUT2D eigenvalue weighted by Crippen LogP contribution is -2.55. The quantitative estimate of drug-likeness (QED) is 0.637. The predicted octanol–water partition coefficient (Wildman–Crippen LogP) is 0.761. The second-order valence-electron chi connectivity index (χ2n) is 6.19. The monoisotopic (exact) mass is 341 g/mol. The minimum atomic E-state index is -0.253. The van der Waals surface area contributed by atoms with Gasteiger partial charge in [-0.1, -0.05) is 35.5 Å².